The van der Waals surface area contributed by atoms with Crippen LogP contribution in [-0.4, -0.2) is 20.3 Å². The van der Waals surface area contributed by atoms with Crippen molar-refractivity contribution in [3.05, 3.63) is 47.3 Å². The molecule has 2 aromatic rings. The van der Waals surface area contributed by atoms with Crippen molar-refractivity contribution >= 4 is 17.4 Å². The molecule has 0 spiro atoms. The Labute approximate surface area is 104 Å². The number of aryl methyl sites for hydroxylation is 1. The molecule has 0 atom stereocenters. The van der Waals surface area contributed by atoms with Crippen LogP contribution < -0.4 is 0 Å². The molecule has 2 aromatic heterocycles. The van der Waals surface area contributed by atoms with Crippen molar-refractivity contribution in [1.29, 1.82) is 0 Å². The summed E-state index contributed by atoms with van der Waals surface area (Å²) < 4.78 is 1.94. The number of ketones is 1. The summed E-state index contributed by atoms with van der Waals surface area (Å²) in [4.78, 5) is 20.1. The van der Waals surface area contributed by atoms with E-state index in [0.717, 1.165) is 12.4 Å². The SMILES string of the molecule is CCn1ccnc1CC(=O)c1ccc(Cl)cn1. The van der Waals surface area contributed by atoms with Crippen molar-refractivity contribution in [2.45, 2.75) is 19.9 Å². The molecule has 0 saturated carbocycles. The summed E-state index contributed by atoms with van der Waals surface area (Å²) >= 11 is 5.72. The Bertz CT molecular complexity index is 519. The summed E-state index contributed by atoms with van der Waals surface area (Å²) in [6, 6.07) is 3.29. The van der Waals surface area contributed by atoms with Gasteiger partial charge < -0.3 is 4.57 Å². The van der Waals surface area contributed by atoms with E-state index in [2.05, 4.69) is 9.97 Å². The number of hydrogen-bond acceptors (Lipinski definition) is 3. The maximum Gasteiger partial charge on any atom is 0.188 e. The van der Waals surface area contributed by atoms with Gasteiger partial charge in [-0.1, -0.05) is 11.6 Å². The average molecular weight is 250 g/mol. The third-order valence-corrected chi connectivity index (χ3v) is 2.70. The molecule has 17 heavy (non-hydrogen) atoms. The van der Waals surface area contributed by atoms with Gasteiger partial charge in [0.1, 0.15) is 11.5 Å². The molecule has 0 radical (unpaired) electrons. The fourth-order valence-corrected chi connectivity index (χ4v) is 1.68. The topological polar surface area (TPSA) is 47.8 Å². The van der Waals surface area contributed by atoms with E-state index >= 15 is 0 Å². The van der Waals surface area contributed by atoms with E-state index < -0.39 is 0 Å². The fourth-order valence-electron chi connectivity index (χ4n) is 1.57. The molecule has 0 amide bonds. The number of imidazole rings is 1. The second-order valence-electron chi connectivity index (χ2n) is 3.59. The van der Waals surface area contributed by atoms with Gasteiger partial charge in [-0.2, -0.15) is 0 Å². The lowest BCUT2D eigenvalue weighted by Gasteiger charge is -2.03. The molecule has 88 valence electrons. The Morgan fingerprint density at radius 1 is 1.41 bits per heavy atom. The number of rotatable bonds is 4. The van der Waals surface area contributed by atoms with E-state index in [1.807, 2.05) is 17.7 Å². The molecular formula is C12H12ClN3O. The predicted molar refractivity (Wildman–Crippen MR) is 65.2 cm³/mol. The molecule has 0 aliphatic rings. The van der Waals surface area contributed by atoms with Crippen molar-refractivity contribution in [1.82, 2.24) is 14.5 Å². The number of carbonyl (C=O) groups is 1. The highest BCUT2D eigenvalue weighted by Crippen LogP contribution is 2.09. The molecule has 0 saturated heterocycles. The molecule has 0 aliphatic carbocycles. The number of carbonyl (C=O) groups excluding carboxylic acids is 1. The largest absolute Gasteiger partial charge is 0.335 e. The summed E-state index contributed by atoms with van der Waals surface area (Å²) in [5.74, 6) is 0.705. The van der Waals surface area contributed by atoms with Crippen LogP contribution in [0.4, 0.5) is 0 Å². The van der Waals surface area contributed by atoms with Crippen molar-refractivity contribution in [3.8, 4) is 0 Å². The van der Waals surface area contributed by atoms with Crippen LogP contribution in [-0.2, 0) is 13.0 Å². The number of hydrogen-bond donors (Lipinski definition) is 0. The van der Waals surface area contributed by atoms with Gasteiger partial charge in [-0.3, -0.25) is 9.78 Å². The minimum absolute atomic E-state index is 0.0532. The molecule has 0 aliphatic heterocycles. The smallest absolute Gasteiger partial charge is 0.188 e. The van der Waals surface area contributed by atoms with Gasteiger partial charge in [0, 0.05) is 25.1 Å². The van der Waals surface area contributed by atoms with Crippen molar-refractivity contribution in [2.24, 2.45) is 0 Å². The number of pyridine rings is 1. The molecule has 5 heteroatoms. The van der Waals surface area contributed by atoms with Gasteiger partial charge >= 0.3 is 0 Å². The lowest BCUT2D eigenvalue weighted by molar-refractivity contribution is 0.0985. The van der Waals surface area contributed by atoms with E-state index in [1.54, 1.807) is 18.3 Å². The first kappa shape index (κ1) is 11.8. The molecule has 4 nitrogen and oxygen atoms in total. The summed E-state index contributed by atoms with van der Waals surface area (Å²) in [6.45, 7) is 2.81. The standard InChI is InChI=1S/C12H12ClN3O/c1-2-16-6-5-14-12(16)7-11(17)10-4-3-9(13)8-15-10/h3-6,8H,2,7H2,1H3. The van der Waals surface area contributed by atoms with Crippen LogP contribution in [0.1, 0.15) is 23.2 Å². The van der Waals surface area contributed by atoms with Gasteiger partial charge in [0.15, 0.2) is 5.78 Å². The van der Waals surface area contributed by atoms with E-state index in [9.17, 15) is 4.79 Å². The van der Waals surface area contributed by atoms with Crippen LogP contribution in [0.15, 0.2) is 30.7 Å². The molecule has 2 rings (SSSR count). The van der Waals surface area contributed by atoms with Crippen LogP contribution in [0.25, 0.3) is 0 Å². The first-order valence-electron chi connectivity index (χ1n) is 5.35. The van der Waals surface area contributed by atoms with Gasteiger partial charge in [-0.25, -0.2) is 4.98 Å². The molecule has 0 N–H and O–H groups in total. The maximum absolute atomic E-state index is 11.9. The summed E-state index contributed by atoms with van der Waals surface area (Å²) in [5.41, 5.74) is 0.417. The molecule has 0 fully saturated rings. The monoisotopic (exact) mass is 249 g/mol. The minimum Gasteiger partial charge on any atom is -0.335 e. The average Bonchev–Trinajstić information content (AvgIpc) is 2.77. The molecule has 0 unspecified atom stereocenters. The van der Waals surface area contributed by atoms with Gasteiger partial charge in [-0.15, -0.1) is 0 Å². The van der Waals surface area contributed by atoms with Crippen LogP contribution in [0, 0.1) is 0 Å². The first-order valence-corrected chi connectivity index (χ1v) is 5.73. The third-order valence-electron chi connectivity index (χ3n) is 2.47. The highest BCUT2D eigenvalue weighted by atomic mass is 35.5. The summed E-state index contributed by atoms with van der Waals surface area (Å²) in [7, 11) is 0. The van der Waals surface area contributed by atoms with Crippen LogP contribution in [0.5, 0.6) is 0 Å². The Morgan fingerprint density at radius 2 is 2.24 bits per heavy atom. The number of nitrogens with zero attached hydrogens (tertiary/aromatic N) is 3. The normalized spacial score (nSPS) is 10.5. The van der Waals surface area contributed by atoms with Gasteiger partial charge in [-0.05, 0) is 19.1 Å². The minimum atomic E-state index is -0.0532. The van der Waals surface area contributed by atoms with Gasteiger partial charge in [0.25, 0.3) is 0 Å². The summed E-state index contributed by atoms with van der Waals surface area (Å²) in [6.07, 6.45) is 5.29. The third kappa shape index (κ3) is 2.71. The Hall–Kier alpha value is -1.68. The number of aromatic nitrogens is 3. The molecule has 0 bridgehead atoms. The van der Waals surface area contributed by atoms with Crippen molar-refractivity contribution in [3.63, 3.8) is 0 Å². The zero-order valence-corrected chi connectivity index (χ0v) is 10.2. The second-order valence-corrected chi connectivity index (χ2v) is 4.03. The molecule has 2 heterocycles. The Balaban J connectivity index is 2.14. The van der Waals surface area contributed by atoms with Crippen LogP contribution >= 0.6 is 11.6 Å². The van der Waals surface area contributed by atoms with E-state index in [-0.39, 0.29) is 12.2 Å². The highest BCUT2D eigenvalue weighted by Gasteiger charge is 2.11. The second kappa shape index (κ2) is 5.10. The van der Waals surface area contributed by atoms with Crippen molar-refractivity contribution in [2.75, 3.05) is 0 Å². The summed E-state index contributed by atoms with van der Waals surface area (Å²) in [5, 5.41) is 0.525. The Morgan fingerprint density at radius 3 is 2.88 bits per heavy atom. The van der Waals surface area contributed by atoms with E-state index in [4.69, 9.17) is 11.6 Å². The Kier molecular flexibility index (Phi) is 3.54. The van der Waals surface area contributed by atoms with Crippen LogP contribution in [0.2, 0.25) is 5.02 Å². The van der Waals surface area contributed by atoms with Crippen molar-refractivity contribution < 1.29 is 4.79 Å². The van der Waals surface area contributed by atoms with Crippen LogP contribution in [0.3, 0.4) is 0 Å². The number of halogens is 1. The quantitative estimate of drug-likeness (QED) is 0.782. The van der Waals surface area contributed by atoms with Gasteiger partial charge in [0.05, 0.1) is 11.4 Å². The molecule has 0 aromatic carbocycles. The van der Waals surface area contributed by atoms with E-state index in [1.165, 1.54) is 6.20 Å². The lowest BCUT2D eigenvalue weighted by Crippen LogP contribution is -2.10. The fraction of sp³-hybridized carbons (Fsp3) is 0.250. The zero-order valence-electron chi connectivity index (χ0n) is 9.43. The lowest BCUT2D eigenvalue weighted by atomic mass is 10.2. The van der Waals surface area contributed by atoms with E-state index in [0.29, 0.717) is 10.7 Å². The highest BCUT2D eigenvalue weighted by molar-refractivity contribution is 6.30. The first-order chi connectivity index (χ1) is 8.20. The predicted octanol–water partition coefficient (Wildman–Crippen LogP) is 2.38. The number of Topliss-reactive ketones (excluding diaryl/α,β-unsaturated/α-hetero) is 1. The maximum atomic E-state index is 11.9. The molecular weight excluding hydrogens is 238 g/mol. The zero-order chi connectivity index (χ0) is 12.3. The van der Waals surface area contributed by atoms with Gasteiger partial charge in [0.2, 0.25) is 0 Å².